The van der Waals surface area contributed by atoms with E-state index in [1.807, 2.05) is 19.9 Å². The number of nitriles is 1. The third kappa shape index (κ3) is 4.06. The van der Waals surface area contributed by atoms with E-state index in [2.05, 4.69) is 0 Å². The minimum absolute atomic E-state index is 0.246. The Morgan fingerprint density at radius 1 is 1.27 bits per heavy atom. The van der Waals surface area contributed by atoms with Crippen molar-refractivity contribution in [3.63, 3.8) is 0 Å². The van der Waals surface area contributed by atoms with Gasteiger partial charge in [0.05, 0.1) is 11.6 Å². The van der Waals surface area contributed by atoms with E-state index in [1.165, 1.54) is 12.3 Å². The molecule has 5 heteroatoms. The molecule has 1 aromatic carbocycles. The minimum atomic E-state index is -1.23. The number of carboxylic acids is 1. The summed E-state index contributed by atoms with van der Waals surface area (Å²) < 4.78 is 1.70. The molecule has 0 aliphatic heterocycles. The fraction of sp³-hybridized carbons (Fsp3) is 0.235. The Morgan fingerprint density at radius 3 is 2.36 bits per heavy atom. The first-order valence-corrected chi connectivity index (χ1v) is 6.94. The third-order valence-electron chi connectivity index (χ3n) is 3.01. The highest BCUT2D eigenvalue weighted by atomic mass is 16.4. The molecule has 0 saturated heterocycles. The smallest absolute Gasteiger partial charge is 0.341 e. The van der Waals surface area contributed by atoms with Crippen molar-refractivity contribution in [2.75, 3.05) is 0 Å². The topological polar surface area (TPSA) is 83.1 Å². The zero-order chi connectivity index (χ0) is 16.7. The summed E-state index contributed by atoms with van der Waals surface area (Å²) in [5.41, 5.74) is 1.43. The molecule has 22 heavy (non-hydrogen) atoms. The number of aromatic carboxylic acids is 1. The molecule has 0 aliphatic rings. The summed E-state index contributed by atoms with van der Waals surface area (Å²) in [7, 11) is 0. The summed E-state index contributed by atoms with van der Waals surface area (Å²) in [6, 6.07) is 10.4. The lowest BCUT2D eigenvalue weighted by Gasteiger charge is -2.11. The van der Waals surface area contributed by atoms with Crippen molar-refractivity contribution >= 4 is 5.97 Å². The van der Waals surface area contributed by atoms with Gasteiger partial charge in [0.1, 0.15) is 5.56 Å². The van der Waals surface area contributed by atoms with Crippen LogP contribution in [-0.4, -0.2) is 15.6 Å². The van der Waals surface area contributed by atoms with Crippen molar-refractivity contribution in [1.29, 1.82) is 5.26 Å². The number of hydrogen-bond donors (Lipinski definition) is 1. The Morgan fingerprint density at radius 2 is 1.86 bits per heavy atom. The van der Waals surface area contributed by atoms with Crippen LogP contribution in [0, 0.1) is 18.3 Å². The van der Waals surface area contributed by atoms with Crippen LogP contribution in [0.5, 0.6) is 0 Å². The fourth-order valence-corrected chi connectivity index (χ4v) is 1.88. The first-order chi connectivity index (χ1) is 10.5. The van der Waals surface area contributed by atoms with Gasteiger partial charge in [-0.2, -0.15) is 5.26 Å². The van der Waals surface area contributed by atoms with Gasteiger partial charge in [-0.1, -0.05) is 26.0 Å². The maximum Gasteiger partial charge on any atom is 0.341 e. The van der Waals surface area contributed by atoms with Crippen molar-refractivity contribution in [3.8, 4) is 6.07 Å². The first-order valence-electron chi connectivity index (χ1n) is 6.94. The van der Waals surface area contributed by atoms with Gasteiger partial charge in [-0.15, -0.1) is 0 Å². The second-order valence-corrected chi connectivity index (χ2v) is 4.43. The molecule has 0 radical (unpaired) electrons. The summed E-state index contributed by atoms with van der Waals surface area (Å²) in [6.45, 7) is 6.19. The molecule has 1 N–H and O–H groups in total. The number of carbonyl (C=O) groups is 1. The number of aryl methyl sites for hydroxylation is 1. The van der Waals surface area contributed by atoms with Crippen molar-refractivity contribution in [1.82, 2.24) is 4.57 Å². The van der Waals surface area contributed by atoms with Crippen LogP contribution in [-0.2, 0) is 6.54 Å². The van der Waals surface area contributed by atoms with E-state index in [9.17, 15) is 9.59 Å². The molecule has 0 fully saturated rings. The van der Waals surface area contributed by atoms with Gasteiger partial charge < -0.3 is 9.67 Å². The monoisotopic (exact) mass is 298 g/mol. The van der Waals surface area contributed by atoms with Crippen molar-refractivity contribution in [3.05, 3.63) is 69.1 Å². The molecule has 5 nitrogen and oxygen atoms in total. The Labute approximate surface area is 129 Å². The molecule has 114 valence electrons. The van der Waals surface area contributed by atoms with E-state index in [1.54, 1.807) is 35.8 Å². The molecule has 2 rings (SSSR count). The normalized spacial score (nSPS) is 9.36. The molecule has 0 bridgehead atoms. The van der Waals surface area contributed by atoms with Gasteiger partial charge in [-0.3, -0.25) is 4.79 Å². The lowest BCUT2D eigenvalue weighted by Crippen LogP contribution is -2.19. The zero-order valence-corrected chi connectivity index (χ0v) is 12.8. The third-order valence-corrected chi connectivity index (χ3v) is 3.01. The average molecular weight is 298 g/mol. The predicted molar refractivity (Wildman–Crippen MR) is 84.0 cm³/mol. The molecule has 0 amide bonds. The highest BCUT2D eigenvalue weighted by Gasteiger charge is 2.10. The molecule has 0 spiro atoms. The zero-order valence-electron chi connectivity index (χ0n) is 12.8. The lowest BCUT2D eigenvalue weighted by atomic mass is 10.1. The lowest BCUT2D eigenvalue weighted by molar-refractivity contribution is 0.0694. The standard InChI is InChI=1S/C15H12N2O3.C2H6/c1-10-6-14(18)13(15(19)20)9-17(10)8-12-4-2-11(7-16)3-5-12;1-2/h2-6,9H,8H2,1H3,(H,19,20);1-2H3. The van der Waals surface area contributed by atoms with E-state index in [0.29, 0.717) is 17.8 Å². The maximum absolute atomic E-state index is 11.5. The number of benzene rings is 1. The van der Waals surface area contributed by atoms with Gasteiger partial charge in [0, 0.05) is 24.5 Å². The van der Waals surface area contributed by atoms with Crippen LogP contribution >= 0.6 is 0 Å². The molecule has 2 aromatic rings. The second-order valence-electron chi connectivity index (χ2n) is 4.43. The summed E-state index contributed by atoms with van der Waals surface area (Å²) in [4.78, 5) is 22.5. The van der Waals surface area contributed by atoms with E-state index in [0.717, 1.165) is 5.56 Å². The van der Waals surface area contributed by atoms with Crippen molar-refractivity contribution in [2.45, 2.75) is 27.3 Å². The number of aromatic nitrogens is 1. The molecule has 0 unspecified atom stereocenters. The van der Waals surface area contributed by atoms with Gasteiger partial charge in [-0.25, -0.2) is 4.79 Å². The number of carboxylic acid groups (broad SMARTS) is 1. The van der Waals surface area contributed by atoms with Crippen LogP contribution in [0.1, 0.15) is 41.0 Å². The molecular weight excluding hydrogens is 280 g/mol. The number of hydrogen-bond acceptors (Lipinski definition) is 3. The van der Waals surface area contributed by atoms with E-state index in [4.69, 9.17) is 10.4 Å². The Balaban J connectivity index is 0.00000116. The predicted octanol–water partition coefficient (Wildman–Crippen LogP) is 2.80. The van der Waals surface area contributed by atoms with Gasteiger partial charge in [0.25, 0.3) is 0 Å². The maximum atomic E-state index is 11.5. The Kier molecular flexibility index (Phi) is 6.09. The van der Waals surface area contributed by atoms with Gasteiger partial charge >= 0.3 is 5.97 Å². The fourth-order valence-electron chi connectivity index (χ4n) is 1.88. The highest BCUT2D eigenvalue weighted by Crippen LogP contribution is 2.08. The second kappa shape index (κ2) is 7.79. The number of nitrogens with zero attached hydrogens (tertiary/aromatic N) is 2. The van der Waals surface area contributed by atoms with E-state index < -0.39 is 11.4 Å². The van der Waals surface area contributed by atoms with Gasteiger partial charge in [-0.05, 0) is 24.6 Å². The van der Waals surface area contributed by atoms with Crippen LogP contribution in [0.3, 0.4) is 0 Å². The van der Waals surface area contributed by atoms with Crippen LogP contribution < -0.4 is 5.43 Å². The quantitative estimate of drug-likeness (QED) is 0.944. The van der Waals surface area contributed by atoms with E-state index in [-0.39, 0.29) is 5.56 Å². The first kappa shape index (κ1) is 17.2. The van der Waals surface area contributed by atoms with Crippen molar-refractivity contribution in [2.24, 2.45) is 0 Å². The molecule has 0 saturated carbocycles. The van der Waals surface area contributed by atoms with Crippen LogP contribution in [0.15, 0.2) is 41.3 Å². The number of pyridine rings is 1. The highest BCUT2D eigenvalue weighted by molar-refractivity contribution is 5.87. The van der Waals surface area contributed by atoms with Crippen molar-refractivity contribution < 1.29 is 9.90 Å². The van der Waals surface area contributed by atoms with Crippen LogP contribution in [0.2, 0.25) is 0 Å². The summed E-state index contributed by atoms with van der Waals surface area (Å²) in [6.07, 6.45) is 1.35. The SMILES string of the molecule is CC.Cc1cc(=O)c(C(=O)O)cn1Cc1ccc(C#N)cc1. The Bertz CT molecular complexity index is 753. The van der Waals surface area contributed by atoms with E-state index >= 15 is 0 Å². The minimum Gasteiger partial charge on any atom is -0.477 e. The Hall–Kier alpha value is -2.87. The molecule has 0 atom stereocenters. The van der Waals surface area contributed by atoms with Crippen LogP contribution in [0.4, 0.5) is 0 Å². The molecular formula is C17H18N2O3. The number of rotatable bonds is 3. The summed E-state index contributed by atoms with van der Waals surface area (Å²) in [5, 5.41) is 17.7. The summed E-state index contributed by atoms with van der Waals surface area (Å²) in [5.74, 6) is -1.23. The molecule has 1 heterocycles. The van der Waals surface area contributed by atoms with Crippen LogP contribution in [0.25, 0.3) is 0 Å². The molecule has 0 aliphatic carbocycles. The molecule has 1 aromatic heterocycles. The van der Waals surface area contributed by atoms with Gasteiger partial charge in [0.2, 0.25) is 0 Å². The average Bonchev–Trinajstić information content (AvgIpc) is 2.52. The van der Waals surface area contributed by atoms with Gasteiger partial charge in [0.15, 0.2) is 5.43 Å². The largest absolute Gasteiger partial charge is 0.477 e. The summed E-state index contributed by atoms with van der Waals surface area (Å²) >= 11 is 0.